The van der Waals surface area contributed by atoms with Gasteiger partial charge in [-0.2, -0.15) is 13.2 Å². The van der Waals surface area contributed by atoms with Crippen LogP contribution in [0.25, 0.3) is 0 Å². The summed E-state index contributed by atoms with van der Waals surface area (Å²) in [6.07, 6.45) is -0.618. The van der Waals surface area contributed by atoms with Crippen LogP contribution in [-0.4, -0.2) is 66.0 Å². The van der Waals surface area contributed by atoms with E-state index in [0.29, 0.717) is 28.0 Å². The summed E-state index contributed by atoms with van der Waals surface area (Å²) in [7, 11) is 0. The normalized spacial score (nSPS) is 17.5. The number of alkyl halides is 3. The lowest BCUT2D eigenvalue weighted by molar-refractivity contribution is -0.137. The number of likely N-dealkylation sites (tertiary alicyclic amines) is 1. The van der Waals surface area contributed by atoms with Crippen molar-refractivity contribution in [3.63, 3.8) is 0 Å². The van der Waals surface area contributed by atoms with Crippen molar-refractivity contribution in [1.29, 1.82) is 0 Å². The van der Waals surface area contributed by atoms with E-state index in [1.54, 1.807) is 6.07 Å². The monoisotopic (exact) mass is 607 g/mol. The largest absolute Gasteiger partial charge is 0.416 e. The summed E-state index contributed by atoms with van der Waals surface area (Å²) in [6.45, 7) is 6.65. The minimum absolute atomic E-state index is 0. The van der Waals surface area contributed by atoms with E-state index in [0.717, 1.165) is 75.8 Å². The van der Waals surface area contributed by atoms with Gasteiger partial charge in [-0.25, -0.2) is 4.98 Å². The van der Waals surface area contributed by atoms with Gasteiger partial charge in [0, 0.05) is 58.0 Å². The van der Waals surface area contributed by atoms with Gasteiger partial charge in [0.05, 0.1) is 16.1 Å². The van der Waals surface area contributed by atoms with Crippen LogP contribution >= 0.6 is 23.2 Å². The van der Waals surface area contributed by atoms with Crippen molar-refractivity contribution >= 4 is 34.9 Å². The number of piperidine rings is 1. The van der Waals surface area contributed by atoms with Crippen LogP contribution in [0.4, 0.5) is 19.0 Å². The Kier molecular flexibility index (Phi) is 9.38. The Morgan fingerprint density at radius 2 is 1.56 bits per heavy atom. The van der Waals surface area contributed by atoms with Gasteiger partial charge in [-0.1, -0.05) is 47.5 Å². The predicted octanol–water partition coefficient (Wildman–Crippen LogP) is 6.37. The Bertz CT molecular complexity index is 1330. The van der Waals surface area contributed by atoms with Crippen molar-refractivity contribution in [1.82, 2.24) is 20.1 Å². The van der Waals surface area contributed by atoms with Crippen molar-refractivity contribution in [3.8, 4) is 0 Å². The summed E-state index contributed by atoms with van der Waals surface area (Å²) in [4.78, 5) is 24.3. The van der Waals surface area contributed by atoms with Crippen molar-refractivity contribution < 1.29 is 19.4 Å². The number of hydrogen-bond acceptors (Lipinski definition) is 5. The van der Waals surface area contributed by atoms with Gasteiger partial charge in [-0.15, -0.1) is 0 Å². The maximum Gasteiger partial charge on any atom is 0.416 e. The van der Waals surface area contributed by atoms with Crippen LogP contribution in [-0.2, 0) is 19.3 Å². The number of benzene rings is 2. The van der Waals surface area contributed by atoms with Gasteiger partial charge in [0.2, 0.25) is 0 Å². The van der Waals surface area contributed by atoms with E-state index < -0.39 is 17.6 Å². The molecule has 2 aliphatic heterocycles. The molecule has 0 aliphatic carbocycles. The van der Waals surface area contributed by atoms with Gasteiger partial charge in [-0.3, -0.25) is 14.6 Å². The molecule has 3 aromatic rings. The number of aromatic nitrogens is 1. The van der Waals surface area contributed by atoms with E-state index in [1.807, 2.05) is 12.1 Å². The van der Waals surface area contributed by atoms with Gasteiger partial charge in [0.15, 0.2) is 0 Å². The van der Waals surface area contributed by atoms with E-state index in [9.17, 15) is 18.0 Å². The molecule has 6 nitrogen and oxygen atoms in total. The third-order valence-corrected chi connectivity index (χ3v) is 8.36. The first-order valence-corrected chi connectivity index (χ1v) is 14.5. The predicted molar refractivity (Wildman–Crippen MR) is 158 cm³/mol. The topological polar surface area (TPSA) is 51.7 Å². The van der Waals surface area contributed by atoms with Gasteiger partial charge < -0.3 is 10.2 Å². The van der Waals surface area contributed by atoms with Crippen LogP contribution in [0.15, 0.2) is 60.8 Å². The van der Waals surface area contributed by atoms with Crippen molar-refractivity contribution in [2.45, 2.75) is 38.1 Å². The molecule has 2 saturated heterocycles. The molecular formula is C30H34Cl2F3N5O. The van der Waals surface area contributed by atoms with E-state index in [1.165, 1.54) is 23.9 Å². The number of piperazine rings is 1. The number of carbonyl (C=O) groups is 1. The average Bonchev–Trinajstić information content (AvgIpc) is 2.97. The Morgan fingerprint density at radius 1 is 0.927 bits per heavy atom. The first-order chi connectivity index (χ1) is 19.7. The van der Waals surface area contributed by atoms with Crippen LogP contribution in [0.1, 0.15) is 41.3 Å². The molecule has 2 fully saturated rings. The standard InChI is InChI=1S/C30H32Cl2F3N5O.H2/c31-25-7-3-22(4-8-25)20-38-11-9-26(10-12-38)39-13-15-40(16-14-39)28-27(32)17-23(19-36-28)29(41)37-18-21-1-5-24(6-2-21)30(33,34)35;/h1-8,17,19,26H,9-16,18,20H2,(H,37,41);1H. The average molecular weight is 609 g/mol. The van der Waals surface area contributed by atoms with Crippen LogP contribution in [0.5, 0.6) is 0 Å². The number of hydrogen-bond donors (Lipinski definition) is 1. The van der Waals surface area contributed by atoms with Gasteiger partial charge in [0.1, 0.15) is 5.82 Å². The molecule has 0 spiro atoms. The summed E-state index contributed by atoms with van der Waals surface area (Å²) in [5, 5.41) is 3.88. The molecule has 5 rings (SSSR count). The maximum atomic E-state index is 12.7. The minimum Gasteiger partial charge on any atom is -0.353 e. The molecule has 11 heteroatoms. The molecule has 0 radical (unpaired) electrons. The first kappa shape index (κ1) is 29.6. The van der Waals surface area contributed by atoms with Crippen molar-refractivity contribution in [3.05, 3.63) is 93.1 Å². The molecule has 0 saturated carbocycles. The van der Waals surface area contributed by atoms with Crippen molar-refractivity contribution in [2.24, 2.45) is 0 Å². The number of nitrogens with zero attached hydrogens (tertiary/aromatic N) is 4. The number of pyridine rings is 1. The Morgan fingerprint density at radius 3 is 2.17 bits per heavy atom. The molecule has 1 amide bonds. The highest BCUT2D eigenvalue weighted by Crippen LogP contribution is 2.29. The fraction of sp³-hybridized carbons (Fsp3) is 0.400. The van der Waals surface area contributed by atoms with Gasteiger partial charge in [-0.05, 0) is 67.4 Å². The highest BCUT2D eigenvalue weighted by atomic mass is 35.5. The lowest BCUT2D eigenvalue weighted by atomic mass is 10.0. The molecule has 0 bridgehead atoms. The van der Waals surface area contributed by atoms with E-state index >= 15 is 0 Å². The lowest BCUT2D eigenvalue weighted by Crippen LogP contribution is -2.53. The number of carbonyl (C=O) groups excluding carboxylic acids is 1. The highest BCUT2D eigenvalue weighted by molar-refractivity contribution is 6.33. The summed E-state index contributed by atoms with van der Waals surface area (Å²) >= 11 is 12.5. The maximum absolute atomic E-state index is 12.7. The quantitative estimate of drug-likeness (QED) is 0.338. The Labute approximate surface area is 249 Å². The molecule has 0 atom stereocenters. The van der Waals surface area contributed by atoms with E-state index in [-0.39, 0.29) is 7.97 Å². The van der Waals surface area contributed by atoms with E-state index in [2.05, 4.69) is 37.1 Å². The highest BCUT2D eigenvalue weighted by Gasteiger charge is 2.30. The van der Waals surface area contributed by atoms with Gasteiger partial charge >= 0.3 is 6.18 Å². The number of nitrogens with one attached hydrogen (secondary N) is 1. The van der Waals surface area contributed by atoms with Gasteiger partial charge in [0.25, 0.3) is 5.91 Å². The smallest absolute Gasteiger partial charge is 0.353 e. The third kappa shape index (κ3) is 7.71. The second kappa shape index (κ2) is 13.0. The molecule has 1 aromatic heterocycles. The van der Waals surface area contributed by atoms with Crippen LogP contribution in [0.2, 0.25) is 10.0 Å². The molecule has 1 N–H and O–H groups in total. The molecule has 2 aliphatic rings. The van der Waals surface area contributed by atoms with Crippen LogP contribution in [0, 0.1) is 0 Å². The summed E-state index contributed by atoms with van der Waals surface area (Å²) in [5.74, 6) is 0.265. The first-order valence-electron chi connectivity index (χ1n) is 13.7. The van der Waals surface area contributed by atoms with Crippen molar-refractivity contribution in [2.75, 3.05) is 44.2 Å². The second-order valence-electron chi connectivity index (χ2n) is 10.6. The Hall–Kier alpha value is -2.85. The zero-order valence-electron chi connectivity index (χ0n) is 22.5. The molecule has 220 valence electrons. The number of amides is 1. The fourth-order valence-electron chi connectivity index (χ4n) is 5.47. The molecule has 41 heavy (non-hydrogen) atoms. The SMILES string of the molecule is O=C(NCc1ccc(C(F)(F)F)cc1)c1cnc(N2CCN(C3CCN(Cc4ccc(Cl)cc4)CC3)CC2)c(Cl)c1.[HH]. The molecule has 0 unspecified atom stereocenters. The summed E-state index contributed by atoms with van der Waals surface area (Å²) in [6, 6.07) is 14.9. The number of anilines is 1. The zero-order chi connectivity index (χ0) is 29.0. The van der Waals surface area contributed by atoms with Crippen LogP contribution in [0.3, 0.4) is 0 Å². The molecule has 3 heterocycles. The molecular weight excluding hydrogens is 574 g/mol. The summed E-state index contributed by atoms with van der Waals surface area (Å²) in [5.41, 5.74) is 1.42. The number of rotatable bonds is 7. The minimum atomic E-state index is -4.39. The zero-order valence-corrected chi connectivity index (χ0v) is 24.0. The Balaban J connectivity index is 0.00000405. The fourth-order valence-corrected chi connectivity index (χ4v) is 5.88. The second-order valence-corrected chi connectivity index (χ2v) is 11.4. The molecule has 2 aromatic carbocycles. The van der Waals surface area contributed by atoms with Crippen LogP contribution < -0.4 is 10.2 Å². The third-order valence-electron chi connectivity index (χ3n) is 7.83. The number of halogens is 5. The summed E-state index contributed by atoms with van der Waals surface area (Å²) < 4.78 is 38.2. The lowest BCUT2D eigenvalue weighted by Gasteiger charge is -2.43. The van der Waals surface area contributed by atoms with E-state index in [4.69, 9.17) is 23.2 Å².